The van der Waals surface area contributed by atoms with E-state index in [0.29, 0.717) is 71.4 Å². The summed E-state index contributed by atoms with van der Waals surface area (Å²) in [5.74, 6) is -2.93. The Balaban J connectivity index is 1.19. The number of aliphatic hydroxyl groups excluding tert-OH is 6. The Hall–Kier alpha value is -5.26. The predicted molar refractivity (Wildman–Crippen MR) is 444 cm³/mol. The highest BCUT2D eigenvalue weighted by molar-refractivity contribution is 7.48. The van der Waals surface area contributed by atoms with Gasteiger partial charge in [-0.25, -0.2) is 19.5 Å². The number of rotatable bonds is 30. The maximum Gasteiger partial charge on any atom is 0.480 e. The van der Waals surface area contributed by atoms with Crippen molar-refractivity contribution in [3.05, 3.63) is 65.0 Å². The van der Waals surface area contributed by atoms with E-state index in [4.69, 9.17) is 77.5 Å². The zero-order chi connectivity index (χ0) is 86.5. The molecule has 34 nitrogen and oxygen atoms in total. The second-order valence-electron chi connectivity index (χ2n) is 36.7. The standard InChI is InChI=1S/C75H120Cl3N18O16PS3/c1-67(2,3)73(19,68(4,5)6)49-52(76)82-55(58(103)79-40-25-28-91(31-46(40)107-22)64-88-85-61(114-64)43(100)34-97)94(49)37-110-113(106,111-38-95-50(74(20,69(7,8)9)70(10,11)12)53(77)83-56(95)59(104)80-41-26-29-92(32-47(41)108-23)65-89-86-62(115-65)44(101)35-98)112-39-96-51(75(21,71(13,14)15)72(16,17)18)54(78)84-57(96)60(105)81-42-27-30-93(33-48(42)109-24)66-90-87-63(116-66)45(102)36-99/h40-48,97-102H,25-39H2,1-24H3,(H,79,103)(H,80,104)(H,81,105)/t40-,41-,42-,43-,44-,45-,46+,47+,48+/m1/s1. The fourth-order valence-electron chi connectivity index (χ4n) is 16.5. The lowest BCUT2D eigenvalue weighted by molar-refractivity contribution is 0.0250. The number of phosphoric ester groups is 1. The normalized spacial score (nSPS) is 20.4. The Morgan fingerprint density at radius 2 is 0.647 bits per heavy atom. The zero-order valence-electron chi connectivity index (χ0n) is 71.1. The number of piperidine rings is 3. The van der Waals surface area contributed by atoms with Crippen molar-refractivity contribution in [3.8, 4) is 0 Å². The molecule has 3 saturated heterocycles. The highest BCUT2D eigenvalue weighted by Crippen LogP contribution is 2.60. The predicted octanol–water partition coefficient (Wildman–Crippen LogP) is 10.4. The first-order valence-corrected chi connectivity index (χ1v) is 43.7. The van der Waals surface area contributed by atoms with Crippen LogP contribution in [0, 0.1) is 32.5 Å². The minimum absolute atomic E-state index is 0.0748. The van der Waals surface area contributed by atoms with Crippen LogP contribution >= 0.6 is 76.6 Å². The molecule has 0 unspecified atom stereocenters. The highest BCUT2D eigenvalue weighted by Gasteiger charge is 2.56. The van der Waals surface area contributed by atoms with Crippen LogP contribution < -0.4 is 30.7 Å². The van der Waals surface area contributed by atoms with Crippen LogP contribution in [0.2, 0.25) is 15.5 Å². The Morgan fingerprint density at radius 3 is 0.845 bits per heavy atom. The van der Waals surface area contributed by atoms with Gasteiger partial charge in [0.15, 0.2) is 15.5 Å². The molecule has 0 radical (unpaired) electrons. The summed E-state index contributed by atoms with van der Waals surface area (Å²) in [5, 5.41) is 96.7. The third-order valence-electron chi connectivity index (χ3n) is 24.9. The van der Waals surface area contributed by atoms with Gasteiger partial charge in [-0.1, -0.05) is 214 Å². The lowest BCUT2D eigenvalue weighted by Crippen LogP contribution is -2.55. The Morgan fingerprint density at radius 1 is 0.422 bits per heavy atom. The second-order valence-corrected chi connectivity index (χ2v) is 42.4. The van der Waals surface area contributed by atoms with Crippen molar-refractivity contribution in [2.24, 2.45) is 32.5 Å². The van der Waals surface area contributed by atoms with E-state index in [1.54, 1.807) is 0 Å². The van der Waals surface area contributed by atoms with E-state index in [1.165, 1.54) is 35.0 Å². The molecule has 0 spiro atoms. The summed E-state index contributed by atoms with van der Waals surface area (Å²) in [4.78, 5) is 67.2. The molecule has 3 aliphatic rings. The zero-order valence-corrected chi connectivity index (χ0v) is 76.7. The molecule has 3 fully saturated rings. The minimum Gasteiger partial charge on any atom is -0.393 e. The number of anilines is 3. The second kappa shape index (κ2) is 36.0. The summed E-state index contributed by atoms with van der Waals surface area (Å²) < 4.78 is 60.6. The van der Waals surface area contributed by atoms with Gasteiger partial charge in [0.05, 0.1) is 73.3 Å². The van der Waals surface area contributed by atoms with Gasteiger partial charge in [-0.3, -0.25) is 41.7 Å². The van der Waals surface area contributed by atoms with Crippen LogP contribution in [0.4, 0.5) is 15.4 Å². The number of methoxy groups -OCH3 is 3. The van der Waals surface area contributed by atoms with Crippen molar-refractivity contribution >= 4 is 110 Å². The number of amides is 3. The molecule has 9 N–H and O–H groups in total. The number of ether oxygens (including phenoxy) is 3. The Kier molecular flexibility index (Phi) is 29.4. The van der Waals surface area contributed by atoms with Gasteiger partial charge in [0, 0.05) is 76.8 Å². The van der Waals surface area contributed by atoms with E-state index < -0.39 is 169 Å². The summed E-state index contributed by atoms with van der Waals surface area (Å²) in [7, 11) is -0.893. The molecule has 116 heavy (non-hydrogen) atoms. The average Bonchev–Trinajstić information content (AvgIpc) is 1.52. The number of halogens is 3. The molecule has 6 aromatic heterocycles. The van der Waals surface area contributed by atoms with Crippen molar-refractivity contribution in [3.63, 3.8) is 0 Å². The Labute approximate surface area is 706 Å². The molecule has 3 amide bonds. The first-order valence-electron chi connectivity index (χ1n) is 38.7. The van der Waals surface area contributed by atoms with E-state index in [1.807, 2.05) is 160 Å². The van der Waals surface area contributed by atoms with Crippen molar-refractivity contribution < 1.29 is 77.4 Å². The third-order valence-corrected chi connectivity index (χ3v) is 30.2. The van der Waals surface area contributed by atoms with Gasteiger partial charge >= 0.3 is 7.82 Å². The molecule has 0 aliphatic carbocycles. The number of hydrogen-bond donors (Lipinski definition) is 9. The summed E-state index contributed by atoms with van der Waals surface area (Å²) in [5.41, 5.74) is -6.26. The molecular weight excluding hydrogens is 1640 g/mol. The SMILES string of the molecule is CO[C@H]1CN(c2nnc([C@H](O)CO)s2)CC[C@H]1NC(=O)c1nc(Cl)c(C(C)(C(C)(C)C)C(C)(C)C)n1COP(=O)(OCn1c(C(=O)N[C@@H]2CCN(c3nnc([C@H](O)CO)s3)C[C@@H]2OC)nc(Cl)c1C(C)(C(C)(C)C)C(C)(C)C)OCn1c(C(=O)N[C@@H]2CCN(c3nnc([C@H](O)CO)s3)C[C@@H]2OC)nc(Cl)c1C(C)(C(C)(C)C)C(C)(C)C. The van der Waals surface area contributed by atoms with Crippen LogP contribution in [0.15, 0.2) is 0 Å². The quantitative estimate of drug-likeness (QED) is 0.0189. The van der Waals surface area contributed by atoms with Gasteiger partial charge in [-0.2, -0.15) is 0 Å². The first-order chi connectivity index (χ1) is 53.7. The maximum atomic E-state index is 17.3. The first kappa shape index (κ1) is 94.6. The van der Waals surface area contributed by atoms with Gasteiger partial charge < -0.3 is 75.5 Å². The molecule has 41 heteroatoms. The largest absolute Gasteiger partial charge is 0.480 e. The van der Waals surface area contributed by atoms with Crippen LogP contribution in [0.5, 0.6) is 0 Å². The van der Waals surface area contributed by atoms with Crippen molar-refractivity contribution in [2.45, 2.75) is 256 Å². The number of aliphatic hydroxyl groups is 6. The lowest BCUT2D eigenvalue weighted by atomic mass is 9.53. The average molecular weight is 1760 g/mol. The number of phosphoric acid groups is 1. The molecular formula is C75H120Cl3N18O16PS3. The third kappa shape index (κ3) is 18.9. The van der Waals surface area contributed by atoms with Crippen molar-refractivity contribution in [1.82, 2.24) is 75.2 Å². The fraction of sp³-hybridized carbons (Fsp3) is 0.760. The highest BCUT2D eigenvalue weighted by atomic mass is 35.5. The van der Waals surface area contributed by atoms with E-state index in [2.05, 4.69) is 46.5 Å². The van der Waals surface area contributed by atoms with Gasteiger partial charge in [-0.15, -0.1) is 30.6 Å². The van der Waals surface area contributed by atoms with Crippen molar-refractivity contribution in [1.29, 1.82) is 0 Å². The van der Waals surface area contributed by atoms with Crippen molar-refractivity contribution in [2.75, 3.05) is 95.1 Å². The number of nitrogens with one attached hydrogen (secondary N) is 3. The van der Waals surface area contributed by atoms with Gasteiger partial charge in [0.2, 0.25) is 32.9 Å². The topological polar surface area (TPSA) is 422 Å². The fourth-order valence-corrected chi connectivity index (χ4v) is 21.2. The van der Waals surface area contributed by atoms with Gasteiger partial charge in [0.25, 0.3) is 17.7 Å². The smallest absolute Gasteiger partial charge is 0.393 e. The Bertz CT molecular complexity index is 3980. The van der Waals surface area contributed by atoms with E-state index in [-0.39, 0.29) is 67.6 Å². The van der Waals surface area contributed by atoms with E-state index in [0.717, 1.165) is 34.0 Å². The van der Waals surface area contributed by atoms with Crippen LogP contribution in [-0.4, -0.2) is 224 Å². The summed E-state index contributed by atoms with van der Waals surface area (Å²) in [6, 6.07) is -1.96. The lowest BCUT2D eigenvalue weighted by Gasteiger charge is -2.52. The van der Waals surface area contributed by atoms with Gasteiger partial charge in [-0.05, 0) is 51.8 Å². The number of hydrogen-bond acceptors (Lipinski definition) is 31. The van der Waals surface area contributed by atoms with Crippen LogP contribution in [-0.2, 0) is 68.8 Å². The van der Waals surface area contributed by atoms with E-state index >= 15 is 18.9 Å². The number of carbonyl (C=O) groups excluding carboxylic acids is 3. The number of nitrogens with zero attached hydrogens (tertiary/aromatic N) is 15. The number of aromatic nitrogens is 12. The summed E-state index contributed by atoms with van der Waals surface area (Å²) in [6.07, 6.45) is -4.65. The molecule has 3 aliphatic heterocycles. The molecule has 0 bridgehead atoms. The summed E-state index contributed by atoms with van der Waals surface area (Å²) >= 11 is 26.0. The molecule has 9 heterocycles. The molecule has 0 aromatic carbocycles. The van der Waals surface area contributed by atoms with Gasteiger partial charge in [0.1, 0.15) is 53.5 Å². The molecule has 9 atom stereocenters. The summed E-state index contributed by atoms with van der Waals surface area (Å²) in [6.45, 7) is 40.2. The van der Waals surface area contributed by atoms with Crippen LogP contribution in [0.3, 0.4) is 0 Å². The molecule has 650 valence electrons. The maximum absolute atomic E-state index is 17.3. The van der Waals surface area contributed by atoms with Crippen LogP contribution in [0.1, 0.15) is 247 Å². The number of imidazole rings is 3. The number of carbonyl (C=O) groups is 3. The molecule has 0 saturated carbocycles. The monoisotopic (exact) mass is 1760 g/mol. The molecule has 9 rings (SSSR count). The minimum atomic E-state index is -5.44. The van der Waals surface area contributed by atoms with Crippen LogP contribution in [0.25, 0.3) is 0 Å². The molecule has 6 aromatic rings. The van der Waals surface area contributed by atoms with E-state index in [9.17, 15) is 30.6 Å².